The molecule has 2 aliphatic heterocycles. The Morgan fingerprint density at radius 2 is 1.93 bits per heavy atom. The zero-order valence-corrected chi connectivity index (χ0v) is 23.8. The fourth-order valence-corrected chi connectivity index (χ4v) is 6.93. The van der Waals surface area contributed by atoms with Gasteiger partial charge >= 0.3 is 5.97 Å². The van der Waals surface area contributed by atoms with Crippen molar-refractivity contribution in [3.05, 3.63) is 63.4 Å². The van der Waals surface area contributed by atoms with E-state index in [1.807, 2.05) is 24.3 Å². The summed E-state index contributed by atoms with van der Waals surface area (Å²) in [5, 5.41) is 10.5. The molecular weight excluding hydrogens is 540 g/mol. The van der Waals surface area contributed by atoms with Gasteiger partial charge in [0.15, 0.2) is 0 Å². The number of benzene rings is 1. The highest BCUT2D eigenvalue weighted by atomic mass is 32.1. The lowest BCUT2D eigenvalue weighted by Gasteiger charge is -2.35. The molecule has 4 aromatic rings. The van der Waals surface area contributed by atoms with Gasteiger partial charge in [0.1, 0.15) is 23.3 Å². The number of hydrogen-bond acceptors (Lipinski definition) is 9. The molecule has 0 spiro atoms. The molecule has 214 valence electrons. The standard InChI is InChI=1S/C30H34N6O4S/c37-30(38)20-8-9-22-24(16-20)36(17-21-10-15-39-21)27(31-22)18-34-11-13-35(14-12-34)26-6-3-7-28(33-26)40-19-29-32-23-4-1-2-5-25(23)41-29/h3,6-9,16,21H,1-2,4-5,10-15,17-19H2,(H,37,38)/t21-/m0/s1. The number of piperazine rings is 1. The summed E-state index contributed by atoms with van der Waals surface area (Å²) in [6, 6.07) is 11.1. The third-order valence-corrected chi connectivity index (χ3v) is 9.39. The molecule has 0 amide bonds. The van der Waals surface area contributed by atoms with Crippen molar-refractivity contribution < 1.29 is 19.4 Å². The first-order valence-electron chi connectivity index (χ1n) is 14.5. The lowest BCUT2D eigenvalue weighted by atomic mass is 10.0. The van der Waals surface area contributed by atoms with E-state index in [4.69, 9.17) is 24.4 Å². The summed E-state index contributed by atoms with van der Waals surface area (Å²) in [5.41, 5.74) is 3.21. The minimum Gasteiger partial charge on any atom is -0.478 e. The Morgan fingerprint density at radius 1 is 1.07 bits per heavy atom. The first-order chi connectivity index (χ1) is 20.1. The second-order valence-electron chi connectivity index (χ2n) is 11.0. The van der Waals surface area contributed by atoms with E-state index < -0.39 is 5.97 Å². The number of ether oxygens (including phenoxy) is 2. The van der Waals surface area contributed by atoms with Crippen LogP contribution < -0.4 is 9.64 Å². The van der Waals surface area contributed by atoms with Crippen LogP contribution in [0.15, 0.2) is 36.4 Å². The molecule has 7 rings (SSSR count). The summed E-state index contributed by atoms with van der Waals surface area (Å²) in [6.45, 7) is 6.09. The largest absolute Gasteiger partial charge is 0.478 e. The average molecular weight is 575 g/mol. The van der Waals surface area contributed by atoms with E-state index in [2.05, 4.69) is 14.4 Å². The second kappa shape index (κ2) is 11.4. The van der Waals surface area contributed by atoms with Gasteiger partial charge < -0.3 is 24.0 Å². The first-order valence-corrected chi connectivity index (χ1v) is 15.3. The van der Waals surface area contributed by atoms with Crippen molar-refractivity contribution >= 4 is 34.2 Å². The SMILES string of the molecule is O=C(O)c1ccc2nc(CN3CCN(c4cccc(OCc5nc6c(s5)CCCC6)n4)CC3)n(C[C@@H]3CCO3)c2c1. The molecular formula is C30H34N6O4S. The molecule has 2 fully saturated rings. The highest BCUT2D eigenvalue weighted by molar-refractivity contribution is 7.11. The Labute approximate surface area is 242 Å². The minimum atomic E-state index is -0.929. The van der Waals surface area contributed by atoms with E-state index in [1.54, 1.807) is 23.5 Å². The summed E-state index contributed by atoms with van der Waals surface area (Å²) in [4.78, 5) is 32.2. The third-order valence-electron chi connectivity index (χ3n) is 8.26. The Bertz CT molecular complexity index is 1530. The first kappa shape index (κ1) is 26.4. The zero-order chi connectivity index (χ0) is 27.8. The number of pyridine rings is 1. The van der Waals surface area contributed by atoms with E-state index in [9.17, 15) is 9.90 Å². The lowest BCUT2D eigenvalue weighted by molar-refractivity contribution is -0.0592. The van der Waals surface area contributed by atoms with Crippen LogP contribution in [-0.2, 0) is 37.3 Å². The smallest absolute Gasteiger partial charge is 0.335 e. The normalized spacial score (nSPS) is 19.2. The number of carboxylic acids is 1. The fourth-order valence-electron chi connectivity index (χ4n) is 5.86. The number of aryl methyl sites for hydroxylation is 2. The van der Waals surface area contributed by atoms with Crippen LogP contribution in [0.5, 0.6) is 5.88 Å². The molecule has 3 aliphatic rings. The van der Waals surface area contributed by atoms with Crippen molar-refractivity contribution in [2.75, 3.05) is 37.7 Å². The van der Waals surface area contributed by atoms with Gasteiger partial charge in [0.2, 0.25) is 5.88 Å². The highest BCUT2D eigenvalue weighted by Crippen LogP contribution is 2.28. The van der Waals surface area contributed by atoms with Crippen LogP contribution in [0, 0.1) is 0 Å². The maximum Gasteiger partial charge on any atom is 0.335 e. The number of hydrogen-bond donors (Lipinski definition) is 1. The Balaban J connectivity index is 0.993. The fraction of sp³-hybridized carbons (Fsp3) is 0.467. The molecule has 0 bridgehead atoms. The summed E-state index contributed by atoms with van der Waals surface area (Å²) in [6.07, 6.45) is 5.89. The highest BCUT2D eigenvalue weighted by Gasteiger charge is 2.25. The minimum absolute atomic E-state index is 0.151. The number of imidazole rings is 1. The predicted molar refractivity (Wildman–Crippen MR) is 156 cm³/mol. The Hall–Kier alpha value is -3.54. The molecule has 10 nitrogen and oxygen atoms in total. The van der Waals surface area contributed by atoms with Crippen LogP contribution in [0.3, 0.4) is 0 Å². The van der Waals surface area contributed by atoms with Crippen LogP contribution in [-0.4, -0.2) is 74.4 Å². The molecule has 2 saturated heterocycles. The van der Waals surface area contributed by atoms with E-state index in [-0.39, 0.29) is 11.7 Å². The number of anilines is 1. The predicted octanol–water partition coefficient (Wildman–Crippen LogP) is 4.15. The summed E-state index contributed by atoms with van der Waals surface area (Å²) < 4.78 is 13.9. The molecule has 1 N–H and O–H groups in total. The van der Waals surface area contributed by atoms with Crippen molar-refractivity contribution in [3.63, 3.8) is 0 Å². The number of carboxylic acid groups (broad SMARTS) is 1. The van der Waals surface area contributed by atoms with E-state index in [0.29, 0.717) is 25.6 Å². The maximum atomic E-state index is 11.6. The summed E-state index contributed by atoms with van der Waals surface area (Å²) in [7, 11) is 0. The Morgan fingerprint density at radius 3 is 2.71 bits per heavy atom. The molecule has 41 heavy (non-hydrogen) atoms. The van der Waals surface area contributed by atoms with Gasteiger partial charge in [-0.05, 0) is 56.4 Å². The quantitative estimate of drug-likeness (QED) is 0.316. The van der Waals surface area contributed by atoms with E-state index >= 15 is 0 Å². The molecule has 0 unspecified atom stereocenters. The van der Waals surface area contributed by atoms with Gasteiger partial charge in [0.25, 0.3) is 0 Å². The number of carbonyl (C=O) groups is 1. The van der Waals surface area contributed by atoms with Gasteiger partial charge in [-0.2, -0.15) is 4.98 Å². The Kier molecular flexibility index (Phi) is 7.32. The second-order valence-corrected chi connectivity index (χ2v) is 12.2. The van der Waals surface area contributed by atoms with Crippen LogP contribution in [0.1, 0.15) is 51.0 Å². The molecule has 1 aromatic carbocycles. The summed E-state index contributed by atoms with van der Waals surface area (Å²) in [5.74, 6) is 1.58. The molecule has 11 heteroatoms. The van der Waals surface area contributed by atoms with Gasteiger partial charge in [-0.15, -0.1) is 11.3 Å². The number of thiazole rings is 1. The number of fused-ring (bicyclic) bond motifs is 2. The molecule has 0 saturated carbocycles. The number of nitrogens with zero attached hydrogens (tertiary/aromatic N) is 6. The van der Waals surface area contributed by atoms with Crippen molar-refractivity contribution in [1.82, 2.24) is 24.4 Å². The molecule has 5 heterocycles. The van der Waals surface area contributed by atoms with Gasteiger partial charge in [0.05, 0.1) is 41.5 Å². The van der Waals surface area contributed by atoms with Crippen molar-refractivity contribution in [2.24, 2.45) is 0 Å². The van der Waals surface area contributed by atoms with Gasteiger partial charge in [0, 0.05) is 43.7 Å². The number of aromatic carboxylic acids is 1. The molecule has 1 aliphatic carbocycles. The van der Waals surface area contributed by atoms with Gasteiger partial charge in [-0.3, -0.25) is 4.90 Å². The van der Waals surface area contributed by atoms with E-state index in [1.165, 1.54) is 23.4 Å². The van der Waals surface area contributed by atoms with E-state index in [0.717, 1.165) is 79.7 Å². The van der Waals surface area contributed by atoms with Crippen molar-refractivity contribution in [2.45, 2.75) is 57.9 Å². The lowest BCUT2D eigenvalue weighted by Crippen LogP contribution is -2.46. The summed E-state index contributed by atoms with van der Waals surface area (Å²) >= 11 is 1.78. The monoisotopic (exact) mass is 574 g/mol. The van der Waals surface area contributed by atoms with Crippen LogP contribution in [0.2, 0.25) is 0 Å². The third kappa shape index (κ3) is 5.66. The number of aromatic nitrogens is 4. The van der Waals surface area contributed by atoms with Crippen LogP contribution in [0.25, 0.3) is 11.0 Å². The zero-order valence-electron chi connectivity index (χ0n) is 23.0. The average Bonchev–Trinajstić information content (AvgIpc) is 3.54. The maximum absolute atomic E-state index is 11.6. The van der Waals surface area contributed by atoms with Crippen LogP contribution >= 0.6 is 11.3 Å². The van der Waals surface area contributed by atoms with Crippen molar-refractivity contribution in [3.8, 4) is 5.88 Å². The molecule has 0 radical (unpaired) electrons. The number of rotatable bonds is 9. The van der Waals surface area contributed by atoms with Gasteiger partial charge in [-0.1, -0.05) is 6.07 Å². The molecule has 1 atom stereocenters. The van der Waals surface area contributed by atoms with Crippen LogP contribution in [0.4, 0.5) is 5.82 Å². The van der Waals surface area contributed by atoms with Gasteiger partial charge in [-0.25, -0.2) is 14.8 Å². The van der Waals surface area contributed by atoms with Crippen molar-refractivity contribution in [1.29, 1.82) is 0 Å². The topological polar surface area (TPSA) is 106 Å². The molecule has 3 aromatic heterocycles.